The normalized spacial score (nSPS) is 36.4. The molecule has 3 N–H and O–H groups in total. The summed E-state index contributed by atoms with van der Waals surface area (Å²) in [5, 5.41) is 22.8. The van der Waals surface area contributed by atoms with Crippen LogP contribution >= 0.6 is 12.4 Å². The first-order valence-corrected chi connectivity index (χ1v) is 13.1. The highest BCUT2D eigenvalue weighted by Gasteiger charge is 2.61. The van der Waals surface area contributed by atoms with Crippen LogP contribution < -0.4 is 5.32 Å². The molecule has 5 aliphatic rings. The van der Waals surface area contributed by atoms with E-state index in [1.807, 2.05) is 0 Å². The largest absolute Gasteiger partial charge is 0.477 e. The minimum Gasteiger partial charge on any atom is -0.477 e. The topological polar surface area (TPSA) is 111 Å². The molecule has 6 atom stereocenters. The fourth-order valence-corrected chi connectivity index (χ4v) is 6.58. The lowest BCUT2D eigenvalue weighted by molar-refractivity contribution is -0.163. The number of hydrogen-bond donors (Lipinski definition) is 3. The zero-order valence-electron chi connectivity index (χ0n) is 22.8. The van der Waals surface area contributed by atoms with E-state index in [1.54, 1.807) is 14.0 Å². The molecule has 0 bridgehead atoms. The summed E-state index contributed by atoms with van der Waals surface area (Å²) in [6.07, 6.45) is 6.55. The zero-order valence-corrected chi connectivity index (χ0v) is 23.6. The molecule has 1 saturated carbocycles. The van der Waals surface area contributed by atoms with E-state index in [9.17, 15) is 19.8 Å². The summed E-state index contributed by atoms with van der Waals surface area (Å²) < 4.78 is 5.34. The molecule has 0 aromatic rings. The number of β-lactam (4-membered cyclic amide) rings is 1. The Morgan fingerprint density at radius 1 is 1.14 bits per heavy atom. The molecule has 4 heterocycles. The number of amides is 1. The third-order valence-corrected chi connectivity index (χ3v) is 8.93. The second kappa shape index (κ2) is 9.91. The van der Waals surface area contributed by atoms with Crippen molar-refractivity contribution in [2.24, 2.45) is 22.2 Å². The number of nitrogens with one attached hydrogen (secondary N) is 1. The molecule has 0 aromatic heterocycles. The van der Waals surface area contributed by atoms with Crippen LogP contribution in [0.25, 0.3) is 0 Å². The summed E-state index contributed by atoms with van der Waals surface area (Å²) in [7, 11) is 1.62. The maximum atomic E-state index is 12.1. The molecule has 0 aromatic carbocycles. The maximum Gasteiger partial charge on any atom is 0.352 e. The number of carbonyl (C=O) groups is 2. The van der Waals surface area contributed by atoms with Gasteiger partial charge >= 0.3 is 5.97 Å². The molecule has 8 nitrogen and oxygen atoms in total. The highest BCUT2D eigenvalue weighted by molar-refractivity contribution is 6.00. The molecule has 36 heavy (non-hydrogen) atoms. The molecule has 5 rings (SSSR count). The van der Waals surface area contributed by atoms with Crippen LogP contribution in [-0.2, 0) is 14.3 Å². The summed E-state index contributed by atoms with van der Waals surface area (Å²) in [5.74, 6) is -0.467. The number of aliphatic carboxylic acids is 1. The average molecular weight is 526 g/mol. The van der Waals surface area contributed by atoms with Gasteiger partial charge in [0, 0.05) is 24.0 Å². The van der Waals surface area contributed by atoms with E-state index >= 15 is 0 Å². The first-order chi connectivity index (χ1) is 16.2. The number of carbonyl (C=O) groups excluding carboxylic acids is 1. The predicted octanol–water partition coefficient (Wildman–Crippen LogP) is 3.91. The first-order valence-electron chi connectivity index (χ1n) is 13.1. The van der Waals surface area contributed by atoms with Gasteiger partial charge in [0.15, 0.2) is 0 Å². The van der Waals surface area contributed by atoms with Gasteiger partial charge in [0.05, 0.1) is 29.7 Å². The minimum absolute atomic E-state index is 0. The number of hydrogen-bond acceptors (Lipinski definition) is 6. The number of aliphatic hydroxyl groups is 1. The molecule has 204 valence electrons. The van der Waals surface area contributed by atoms with Crippen molar-refractivity contribution in [3.05, 3.63) is 11.3 Å². The van der Waals surface area contributed by atoms with Crippen LogP contribution in [0.1, 0.15) is 86.5 Å². The van der Waals surface area contributed by atoms with Crippen LogP contribution in [-0.4, -0.2) is 69.3 Å². The van der Waals surface area contributed by atoms with Crippen LogP contribution in [0.4, 0.5) is 0 Å². The number of methoxy groups -OCH3 is 1. The number of ether oxygens (including phenoxy) is 1. The minimum atomic E-state index is -1.05. The molecule has 1 amide bonds. The molecule has 1 aliphatic carbocycles. The van der Waals surface area contributed by atoms with Gasteiger partial charge in [-0.15, -0.1) is 12.4 Å². The molecule has 0 radical (unpaired) electrons. The van der Waals surface area contributed by atoms with Gasteiger partial charge in [-0.05, 0) is 85.1 Å². The van der Waals surface area contributed by atoms with Crippen molar-refractivity contribution in [3.63, 3.8) is 0 Å². The average Bonchev–Trinajstić information content (AvgIpc) is 3.04. The Morgan fingerprint density at radius 3 is 2.36 bits per heavy atom. The molecular formula is C27H44ClN3O5. The van der Waals surface area contributed by atoms with Crippen LogP contribution in [0.15, 0.2) is 16.3 Å². The lowest BCUT2D eigenvalue weighted by Gasteiger charge is -2.48. The summed E-state index contributed by atoms with van der Waals surface area (Å²) in [5.41, 5.74) is 1.63. The van der Waals surface area contributed by atoms with Crippen LogP contribution in [0, 0.1) is 17.3 Å². The Kier molecular flexibility index (Phi) is 7.97. The van der Waals surface area contributed by atoms with Crippen LogP contribution in [0.2, 0.25) is 0 Å². The first kappa shape index (κ1) is 28.9. The van der Waals surface area contributed by atoms with E-state index in [4.69, 9.17) is 9.73 Å². The predicted molar refractivity (Wildman–Crippen MR) is 141 cm³/mol. The summed E-state index contributed by atoms with van der Waals surface area (Å²) >= 11 is 0. The third-order valence-electron chi connectivity index (χ3n) is 8.93. The second-order valence-corrected chi connectivity index (χ2v) is 12.7. The summed E-state index contributed by atoms with van der Waals surface area (Å²) in [4.78, 5) is 29.9. The Morgan fingerprint density at radius 2 is 1.78 bits per heavy atom. The van der Waals surface area contributed by atoms with Gasteiger partial charge in [-0.2, -0.15) is 0 Å². The van der Waals surface area contributed by atoms with Crippen molar-refractivity contribution in [2.75, 3.05) is 7.11 Å². The van der Waals surface area contributed by atoms with Crippen molar-refractivity contribution < 1.29 is 24.5 Å². The van der Waals surface area contributed by atoms with Crippen molar-refractivity contribution in [2.45, 2.75) is 116 Å². The van der Waals surface area contributed by atoms with Crippen molar-refractivity contribution in [3.8, 4) is 0 Å². The summed E-state index contributed by atoms with van der Waals surface area (Å²) in [6, 6.07) is -0.179. The maximum absolute atomic E-state index is 12.1. The smallest absolute Gasteiger partial charge is 0.352 e. The number of amidine groups is 1. The van der Waals surface area contributed by atoms with Gasteiger partial charge in [-0.1, -0.05) is 6.92 Å². The molecule has 0 spiro atoms. The molecule has 9 heteroatoms. The van der Waals surface area contributed by atoms with Gasteiger partial charge in [0.25, 0.3) is 0 Å². The number of piperidine rings is 1. The van der Waals surface area contributed by atoms with Crippen molar-refractivity contribution in [1.82, 2.24) is 10.2 Å². The molecule has 4 aliphatic heterocycles. The van der Waals surface area contributed by atoms with Gasteiger partial charge in [-0.3, -0.25) is 9.79 Å². The number of aliphatic hydroxyl groups excluding tert-OH is 1. The number of fused-ring (bicyclic) bond motifs is 4. The van der Waals surface area contributed by atoms with Gasteiger partial charge in [0.1, 0.15) is 11.5 Å². The molecular weight excluding hydrogens is 482 g/mol. The number of rotatable bonds is 3. The van der Waals surface area contributed by atoms with Crippen molar-refractivity contribution in [1.29, 1.82) is 0 Å². The van der Waals surface area contributed by atoms with E-state index in [1.165, 1.54) is 36.4 Å². The molecule has 2 saturated heterocycles. The van der Waals surface area contributed by atoms with E-state index in [0.29, 0.717) is 11.8 Å². The number of nitrogens with zero attached hydrogens (tertiary/aromatic N) is 2. The molecule has 1 unspecified atom stereocenters. The van der Waals surface area contributed by atoms with E-state index in [2.05, 4.69) is 39.9 Å². The number of carboxylic acids is 1. The Balaban J connectivity index is 0.000000203. The SMILES string of the molecule is CC1(C)CCC2(C)CCC(C)(C)NC2=N1.CO[C@@H]1CC[C@H]2C(=C(C(=O)O)N3C(=O)[C@H]([C@@H](C)O)[C@@H]23)C1.Cl. The zero-order chi connectivity index (χ0) is 25.9. The monoisotopic (exact) mass is 525 g/mol. The van der Waals surface area contributed by atoms with Crippen molar-refractivity contribution >= 4 is 30.1 Å². The van der Waals surface area contributed by atoms with Gasteiger partial charge < -0.3 is 25.2 Å². The Labute approximate surface area is 221 Å². The lowest BCUT2D eigenvalue weighted by atomic mass is 9.69. The third kappa shape index (κ3) is 5.05. The van der Waals surface area contributed by atoms with Crippen LogP contribution in [0.5, 0.6) is 0 Å². The Bertz CT molecular complexity index is 959. The Hall–Kier alpha value is -1.64. The van der Waals surface area contributed by atoms with Gasteiger partial charge in [-0.25, -0.2) is 4.79 Å². The second-order valence-electron chi connectivity index (χ2n) is 12.7. The van der Waals surface area contributed by atoms with E-state index in [0.717, 1.165) is 18.4 Å². The lowest BCUT2D eigenvalue weighted by Crippen LogP contribution is -2.64. The highest BCUT2D eigenvalue weighted by Crippen LogP contribution is 2.52. The van der Waals surface area contributed by atoms with Crippen LogP contribution in [0.3, 0.4) is 0 Å². The van der Waals surface area contributed by atoms with Gasteiger partial charge in [0.2, 0.25) is 5.91 Å². The number of halogens is 1. The number of aliphatic imine (C=N–C) groups is 1. The fraction of sp³-hybridized carbons (Fsp3) is 0.815. The highest BCUT2D eigenvalue weighted by atomic mass is 35.5. The quantitative estimate of drug-likeness (QED) is 0.482. The van der Waals surface area contributed by atoms with E-state index in [-0.39, 0.29) is 53.2 Å². The molecule has 3 fully saturated rings. The number of carboxylic acid groups (broad SMARTS) is 1. The van der Waals surface area contributed by atoms with E-state index < -0.39 is 18.0 Å². The summed E-state index contributed by atoms with van der Waals surface area (Å²) in [6.45, 7) is 13.0. The fourth-order valence-electron chi connectivity index (χ4n) is 6.58. The standard InChI is InChI=1S/C14H19NO5.C13H24N2.ClH/c1-6(16)10-11-8-4-3-7(20-2)5-9(8)12(14(18)19)15(11)13(10)17;1-11(2)6-8-13(5)9-7-12(3,4)15-10(13)14-11;/h6-8,10-11,16H,3-5H2,1-2H3,(H,18,19);6-9H2,1-5H3,(H,14,15);1H/t6-,7-,8+,10-,11-;;/m1../s1.